The largest absolute Gasteiger partial charge is 0.273 e. The summed E-state index contributed by atoms with van der Waals surface area (Å²) in [6.07, 6.45) is 3.42. The van der Waals surface area contributed by atoms with Crippen LogP contribution in [0.1, 0.15) is 16.7 Å². The highest BCUT2D eigenvalue weighted by atomic mass is 32.2. The summed E-state index contributed by atoms with van der Waals surface area (Å²) in [5.41, 5.74) is 4.47. The molecule has 0 atom stereocenters. The second kappa shape index (κ2) is 3.23. The molecule has 0 saturated carbocycles. The van der Waals surface area contributed by atoms with Crippen LogP contribution in [0.5, 0.6) is 0 Å². The number of benzene rings is 1. The van der Waals surface area contributed by atoms with Crippen molar-refractivity contribution in [3.8, 4) is 0 Å². The van der Waals surface area contributed by atoms with Crippen LogP contribution in [-0.4, -0.2) is 21.7 Å². The lowest BCUT2D eigenvalue weighted by atomic mass is 9.86. The van der Waals surface area contributed by atoms with Crippen LogP contribution in [0.2, 0.25) is 0 Å². The number of sulfonamides is 1. The van der Waals surface area contributed by atoms with E-state index in [-0.39, 0.29) is 0 Å². The average Bonchev–Trinajstić information content (AvgIpc) is 2.09. The molecule has 0 fully saturated rings. The van der Waals surface area contributed by atoms with Crippen molar-refractivity contribution in [1.82, 2.24) is 0 Å². The summed E-state index contributed by atoms with van der Waals surface area (Å²) in [6.45, 7) is 1.95. The number of aryl methyl sites for hydroxylation is 3. The second-order valence-electron chi connectivity index (χ2n) is 4.14. The van der Waals surface area contributed by atoms with Crippen molar-refractivity contribution >= 4 is 15.7 Å². The van der Waals surface area contributed by atoms with Gasteiger partial charge < -0.3 is 0 Å². The summed E-state index contributed by atoms with van der Waals surface area (Å²) in [5.74, 6) is 0. The minimum absolute atomic E-state index is 0.802. The van der Waals surface area contributed by atoms with Gasteiger partial charge in [-0.15, -0.1) is 0 Å². The molecule has 0 radical (unpaired) electrons. The van der Waals surface area contributed by atoms with E-state index in [2.05, 4.69) is 6.07 Å². The molecule has 2 rings (SSSR count). The number of hydrogen-bond acceptors (Lipinski definition) is 2. The molecule has 0 spiro atoms. The maximum atomic E-state index is 11.4. The van der Waals surface area contributed by atoms with Crippen LogP contribution in [-0.2, 0) is 22.9 Å². The van der Waals surface area contributed by atoms with E-state index in [1.807, 2.05) is 13.0 Å². The van der Waals surface area contributed by atoms with Crippen molar-refractivity contribution < 1.29 is 8.42 Å². The Hall–Kier alpha value is -1.03. The molecule has 4 heteroatoms. The van der Waals surface area contributed by atoms with E-state index < -0.39 is 10.0 Å². The fraction of sp³-hybridized carbons (Fsp3) is 0.455. The van der Waals surface area contributed by atoms with E-state index in [4.69, 9.17) is 0 Å². The Labute approximate surface area is 90.8 Å². The van der Waals surface area contributed by atoms with Crippen molar-refractivity contribution in [2.75, 3.05) is 17.6 Å². The van der Waals surface area contributed by atoms with Crippen molar-refractivity contribution in [1.29, 1.82) is 0 Å². The first-order valence-corrected chi connectivity index (χ1v) is 6.81. The van der Waals surface area contributed by atoms with Gasteiger partial charge in [-0.05, 0) is 42.5 Å². The molecule has 82 valence electrons. The Morgan fingerprint density at radius 3 is 2.20 bits per heavy atom. The summed E-state index contributed by atoms with van der Waals surface area (Å²) in [4.78, 5) is 0. The molecule has 1 aliphatic rings. The van der Waals surface area contributed by atoms with Gasteiger partial charge in [-0.25, -0.2) is 8.42 Å². The van der Waals surface area contributed by atoms with Crippen LogP contribution in [0.4, 0.5) is 5.69 Å². The first-order chi connectivity index (χ1) is 6.89. The molecule has 0 aliphatic heterocycles. The van der Waals surface area contributed by atoms with E-state index in [9.17, 15) is 8.42 Å². The number of nitrogens with zero attached hydrogens (tertiary/aromatic N) is 1. The lowest BCUT2D eigenvalue weighted by Crippen LogP contribution is -2.26. The first-order valence-electron chi connectivity index (χ1n) is 4.96. The Morgan fingerprint density at radius 2 is 1.73 bits per heavy atom. The number of fused-ring (bicyclic) bond motifs is 1. The third-order valence-corrected chi connectivity index (χ3v) is 4.21. The highest BCUT2D eigenvalue weighted by Gasteiger charge is 2.19. The molecule has 1 aromatic rings. The number of anilines is 1. The topological polar surface area (TPSA) is 37.4 Å². The summed E-state index contributed by atoms with van der Waals surface area (Å²) in [5, 5.41) is 0. The summed E-state index contributed by atoms with van der Waals surface area (Å²) in [6, 6.07) is 4.09. The monoisotopic (exact) mass is 225 g/mol. The fourth-order valence-corrected chi connectivity index (χ4v) is 2.43. The smallest absolute Gasteiger partial charge is 0.232 e. The van der Waals surface area contributed by atoms with E-state index >= 15 is 0 Å². The summed E-state index contributed by atoms with van der Waals surface area (Å²) in [7, 11) is -1.55. The Bertz CT molecular complexity index is 506. The van der Waals surface area contributed by atoms with Crippen molar-refractivity contribution in [3.63, 3.8) is 0 Å². The molecule has 3 nitrogen and oxygen atoms in total. The van der Waals surface area contributed by atoms with Crippen LogP contribution in [0, 0.1) is 6.92 Å². The SMILES string of the molecule is Cc1cc2c(cc1N(C)S(C)(=O)=O)CC2. The molecule has 0 N–H and O–H groups in total. The summed E-state index contributed by atoms with van der Waals surface area (Å²) < 4.78 is 24.2. The first kappa shape index (κ1) is 10.5. The van der Waals surface area contributed by atoms with Gasteiger partial charge in [0, 0.05) is 7.05 Å². The zero-order chi connectivity index (χ0) is 11.2. The van der Waals surface area contributed by atoms with Crippen LogP contribution < -0.4 is 4.31 Å². The zero-order valence-corrected chi connectivity index (χ0v) is 10.1. The van der Waals surface area contributed by atoms with E-state index in [1.165, 1.54) is 21.7 Å². The van der Waals surface area contributed by atoms with Crippen LogP contribution in [0.15, 0.2) is 12.1 Å². The third kappa shape index (κ3) is 1.74. The Morgan fingerprint density at radius 1 is 1.20 bits per heavy atom. The second-order valence-corrected chi connectivity index (χ2v) is 6.15. The van der Waals surface area contributed by atoms with Gasteiger partial charge in [-0.1, -0.05) is 6.07 Å². The van der Waals surface area contributed by atoms with Gasteiger partial charge in [-0.3, -0.25) is 4.31 Å². The van der Waals surface area contributed by atoms with Crippen LogP contribution >= 0.6 is 0 Å². The van der Waals surface area contributed by atoms with Gasteiger partial charge in [0.2, 0.25) is 10.0 Å². The lowest BCUT2D eigenvalue weighted by Gasteiger charge is -2.25. The fourth-order valence-electron chi connectivity index (χ4n) is 1.88. The molecule has 1 aliphatic carbocycles. The van der Waals surface area contributed by atoms with Crippen molar-refractivity contribution in [2.45, 2.75) is 19.8 Å². The van der Waals surface area contributed by atoms with Gasteiger partial charge >= 0.3 is 0 Å². The minimum atomic E-state index is -3.15. The van der Waals surface area contributed by atoms with Gasteiger partial charge in [0.15, 0.2) is 0 Å². The molecular formula is C11H15NO2S. The molecule has 1 aromatic carbocycles. The van der Waals surface area contributed by atoms with Crippen LogP contribution in [0.25, 0.3) is 0 Å². The van der Waals surface area contributed by atoms with Gasteiger partial charge in [-0.2, -0.15) is 0 Å². The number of hydrogen-bond donors (Lipinski definition) is 0. The summed E-state index contributed by atoms with van der Waals surface area (Å²) >= 11 is 0. The van der Waals surface area contributed by atoms with E-state index in [0.717, 1.165) is 24.1 Å². The molecule has 0 bridgehead atoms. The van der Waals surface area contributed by atoms with E-state index in [1.54, 1.807) is 7.05 Å². The predicted molar refractivity (Wildman–Crippen MR) is 61.8 cm³/mol. The highest BCUT2D eigenvalue weighted by Crippen LogP contribution is 2.31. The van der Waals surface area contributed by atoms with E-state index in [0.29, 0.717) is 0 Å². The minimum Gasteiger partial charge on any atom is -0.273 e. The molecule has 0 heterocycles. The molecule has 0 amide bonds. The third-order valence-electron chi connectivity index (χ3n) is 3.02. The maximum absolute atomic E-state index is 11.4. The molecule has 15 heavy (non-hydrogen) atoms. The molecule has 0 unspecified atom stereocenters. The highest BCUT2D eigenvalue weighted by molar-refractivity contribution is 7.92. The van der Waals surface area contributed by atoms with Crippen LogP contribution in [0.3, 0.4) is 0 Å². The molecule has 0 aromatic heterocycles. The quantitative estimate of drug-likeness (QED) is 0.764. The predicted octanol–water partition coefficient (Wildman–Crippen LogP) is 1.49. The van der Waals surface area contributed by atoms with Crippen molar-refractivity contribution in [3.05, 3.63) is 28.8 Å². The normalized spacial score (nSPS) is 14.3. The van der Waals surface area contributed by atoms with Crippen molar-refractivity contribution in [2.24, 2.45) is 0 Å². The number of rotatable bonds is 2. The lowest BCUT2D eigenvalue weighted by molar-refractivity contribution is 0.600. The Kier molecular flexibility index (Phi) is 2.26. The average molecular weight is 225 g/mol. The van der Waals surface area contributed by atoms with Gasteiger partial charge in [0.25, 0.3) is 0 Å². The Balaban J connectivity index is 2.49. The standard InChI is InChI=1S/C11H15NO2S/c1-8-6-9-4-5-10(9)7-11(8)12(2)15(3,13)14/h6-7H,4-5H2,1-3H3. The molecular weight excluding hydrogens is 210 g/mol. The zero-order valence-electron chi connectivity index (χ0n) is 9.24. The molecule has 0 saturated heterocycles. The van der Waals surface area contributed by atoms with Gasteiger partial charge in [0.05, 0.1) is 11.9 Å². The van der Waals surface area contributed by atoms with Gasteiger partial charge in [0.1, 0.15) is 0 Å². The maximum Gasteiger partial charge on any atom is 0.232 e.